The third-order valence-corrected chi connectivity index (χ3v) is 1.29. The van der Waals surface area contributed by atoms with Crippen LogP contribution in [0.1, 0.15) is 20.8 Å². The number of alkyl carbamates (subject to hydrolysis) is 2. The van der Waals surface area contributed by atoms with Gasteiger partial charge in [-0.25, -0.2) is 9.59 Å². The van der Waals surface area contributed by atoms with Crippen LogP contribution in [0.25, 0.3) is 0 Å². The summed E-state index contributed by atoms with van der Waals surface area (Å²) in [6.45, 7) is 6.02. The maximum absolute atomic E-state index is 10.7. The molecule has 2 amide bonds. The van der Waals surface area contributed by atoms with E-state index in [1.54, 1.807) is 6.92 Å². The normalized spacial score (nSPS) is 10.2. The van der Waals surface area contributed by atoms with Gasteiger partial charge in [0.2, 0.25) is 0 Å². The molecule has 0 aromatic carbocycles. The first-order valence-electron chi connectivity index (χ1n) is 4.76. The number of methoxy groups -OCH3 is 2. The van der Waals surface area contributed by atoms with Crippen LogP contribution in [-0.4, -0.2) is 39.0 Å². The number of rotatable bonds is 3. The minimum absolute atomic E-state index is 0.202. The van der Waals surface area contributed by atoms with Gasteiger partial charge >= 0.3 is 12.2 Å². The van der Waals surface area contributed by atoms with Crippen molar-refractivity contribution in [3.8, 4) is 0 Å². The molecule has 0 fully saturated rings. The van der Waals surface area contributed by atoms with Gasteiger partial charge in [0, 0.05) is 12.6 Å². The molecule has 0 bridgehead atoms. The van der Waals surface area contributed by atoms with Crippen molar-refractivity contribution in [2.24, 2.45) is 0 Å². The zero-order chi connectivity index (χ0) is 12.3. The maximum atomic E-state index is 10.7. The fraction of sp³-hybridized carbons (Fsp3) is 0.778. The molecule has 0 aliphatic carbocycles. The average Bonchev–Trinajstić information content (AvgIpc) is 2.28. The van der Waals surface area contributed by atoms with Gasteiger partial charge in [-0.3, -0.25) is 0 Å². The lowest BCUT2D eigenvalue weighted by atomic mass is 10.3. The summed E-state index contributed by atoms with van der Waals surface area (Å²) < 4.78 is 8.70. The highest BCUT2D eigenvalue weighted by Gasteiger charge is 2.07. The van der Waals surface area contributed by atoms with Crippen molar-refractivity contribution >= 4 is 12.2 Å². The van der Waals surface area contributed by atoms with Crippen LogP contribution in [0.5, 0.6) is 0 Å². The van der Waals surface area contributed by atoms with Gasteiger partial charge in [-0.15, -0.1) is 0 Å². The number of carbonyl (C=O) groups excluding carboxylic acids is 2. The third-order valence-electron chi connectivity index (χ3n) is 1.29. The van der Waals surface area contributed by atoms with Crippen molar-refractivity contribution in [1.29, 1.82) is 0 Å². The number of carbonyl (C=O) groups is 2. The molecule has 0 aliphatic heterocycles. The molecular weight excluding hydrogens is 200 g/mol. The SMILES string of the molecule is CC.COC(=O)NCC(C)NC(=O)OC. The number of hydrogen-bond donors (Lipinski definition) is 2. The number of amides is 2. The van der Waals surface area contributed by atoms with Gasteiger partial charge < -0.3 is 20.1 Å². The second-order valence-corrected chi connectivity index (χ2v) is 2.41. The van der Waals surface area contributed by atoms with E-state index >= 15 is 0 Å². The molecule has 15 heavy (non-hydrogen) atoms. The van der Waals surface area contributed by atoms with E-state index in [1.807, 2.05) is 13.8 Å². The Bertz CT molecular complexity index is 185. The lowest BCUT2D eigenvalue weighted by molar-refractivity contribution is 0.161. The van der Waals surface area contributed by atoms with Crippen molar-refractivity contribution in [1.82, 2.24) is 10.6 Å². The van der Waals surface area contributed by atoms with E-state index < -0.39 is 12.2 Å². The molecule has 0 rings (SSSR count). The Hall–Kier alpha value is -1.46. The Morgan fingerprint density at radius 2 is 1.60 bits per heavy atom. The zero-order valence-corrected chi connectivity index (χ0v) is 9.92. The van der Waals surface area contributed by atoms with E-state index in [0.717, 1.165) is 0 Å². The summed E-state index contributed by atoms with van der Waals surface area (Å²) in [6.07, 6.45) is -1.06. The van der Waals surface area contributed by atoms with Crippen molar-refractivity contribution < 1.29 is 19.1 Å². The van der Waals surface area contributed by atoms with Crippen LogP contribution in [0.15, 0.2) is 0 Å². The minimum Gasteiger partial charge on any atom is -0.453 e. The molecule has 6 nitrogen and oxygen atoms in total. The van der Waals surface area contributed by atoms with E-state index in [0.29, 0.717) is 6.54 Å². The second kappa shape index (κ2) is 10.6. The Balaban J connectivity index is 0. The molecule has 1 unspecified atom stereocenters. The molecule has 0 aromatic rings. The van der Waals surface area contributed by atoms with Crippen LogP contribution >= 0.6 is 0 Å². The predicted octanol–water partition coefficient (Wildman–Crippen LogP) is 1.11. The quantitative estimate of drug-likeness (QED) is 0.747. The van der Waals surface area contributed by atoms with Gasteiger partial charge in [-0.2, -0.15) is 0 Å². The zero-order valence-electron chi connectivity index (χ0n) is 9.92. The molecule has 0 spiro atoms. The topological polar surface area (TPSA) is 76.7 Å². The maximum Gasteiger partial charge on any atom is 0.407 e. The lowest BCUT2D eigenvalue weighted by Gasteiger charge is -2.12. The van der Waals surface area contributed by atoms with E-state index in [4.69, 9.17) is 0 Å². The highest BCUT2D eigenvalue weighted by Crippen LogP contribution is 1.82. The average molecular weight is 220 g/mol. The highest BCUT2D eigenvalue weighted by molar-refractivity contribution is 5.68. The minimum atomic E-state index is -0.529. The molecular formula is C9H20N2O4. The summed E-state index contributed by atoms with van der Waals surface area (Å²) >= 11 is 0. The van der Waals surface area contributed by atoms with Crippen molar-refractivity contribution in [3.63, 3.8) is 0 Å². The Kier molecular flexibility index (Phi) is 11.3. The summed E-state index contributed by atoms with van der Waals surface area (Å²) in [4.78, 5) is 21.3. The number of ether oxygens (including phenoxy) is 2. The Labute approximate surface area is 90.3 Å². The monoisotopic (exact) mass is 220 g/mol. The van der Waals surface area contributed by atoms with Gasteiger partial charge in [-0.1, -0.05) is 13.8 Å². The van der Waals surface area contributed by atoms with Gasteiger partial charge in [0.1, 0.15) is 0 Å². The van der Waals surface area contributed by atoms with Crippen molar-refractivity contribution in [2.45, 2.75) is 26.8 Å². The molecule has 0 saturated carbocycles. The molecule has 1 atom stereocenters. The van der Waals surface area contributed by atoms with Crippen molar-refractivity contribution in [3.05, 3.63) is 0 Å². The van der Waals surface area contributed by atoms with Gasteiger partial charge in [0.25, 0.3) is 0 Å². The van der Waals surface area contributed by atoms with Gasteiger partial charge in [-0.05, 0) is 6.92 Å². The van der Waals surface area contributed by atoms with E-state index in [2.05, 4.69) is 20.1 Å². The summed E-state index contributed by atoms with van der Waals surface area (Å²) in [6, 6.07) is -0.202. The van der Waals surface area contributed by atoms with Crippen LogP contribution in [-0.2, 0) is 9.47 Å². The van der Waals surface area contributed by atoms with Crippen LogP contribution in [0.3, 0.4) is 0 Å². The molecule has 90 valence electrons. The molecule has 0 saturated heterocycles. The third kappa shape index (κ3) is 10.5. The van der Waals surface area contributed by atoms with Crippen LogP contribution in [0, 0.1) is 0 Å². The predicted molar refractivity (Wildman–Crippen MR) is 56.8 cm³/mol. The lowest BCUT2D eigenvalue weighted by Crippen LogP contribution is -2.41. The fourth-order valence-electron chi connectivity index (χ4n) is 0.620. The first-order valence-corrected chi connectivity index (χ1v) is 4.76. The second-order valence-electron chi connectivity index (χ2n) is 2.41. The molecule has 0 aliphatic rings. The highest BCUT2D eigenvalue weighted by atomic mass is 16.5. The first kappa shape index (κ1) is 16.0. The van der Waals surface area contributed by atoms with Crippen LogP contribution in [0.4, 0.5) is 9.59 Å². The van der Waals surface area contributed by atoms with Crippen molar-refractivity contribution in [2.75, 3.05) is 20.8 Å². The summed E-state index contributed by atoms with van der Waals surface area (Å²) in [5, 5.41) is 4.91. The number of nitrogens with one attached hydrogen (secondary N) is 2. The van der Waals surface area contributed by atoms with E-state index in [-0.39, 0.29) is 6.04 Å². The van der Waals surface area contributed by atoms with E-state index in [1.165, 1.54) is 14.2 Å². The fourth-order valence-corrected chi connectivity index (χ4v) is 0.620. The Morgan fingerprint density at radius 1 is 1.13 bits per heavy atom. The standard InChI is InChI=1S/C7H14N2O4.C2H6/c1-5(9-7(11)13-3)4-8-6(10)12-2;1-2/h5H,4H2,1-3H3,(H,8,10)(H,9,11);1-2H3. The molecule has 2 N–H and O–H groups in total. The van der Waals surface area contributed by atoms with Crippen LogP contribution < -0.4 is 10.6 Å². The van der Waals surface area contributed by atoms with Crippen LogP contribution in [0.2, 0.25) is 0 Å². The molecule has 0 aromatic heterocycles. The smallest absolute Gasteiger partial charge is 0.407 e. The summed E-state index contributed by atoms with van der Waals surface area (Å²) in [5.41, 5.74) is 0. The van der Waals surface area contributed by atoms with E-state index in [9.17, 15) is 9.59 Å². The molecule has 0 radical (unpaired) electrons. The molecule has 6 heteroatoms. The largest absolute Gasteiger partial charge is 0.453 e. The summed E-state index contributed by atoms with van der Waals surface area (Å²) in [5.74, 6) is 0. The molecule has 0 heterocycles. The van der Waals surface area contributed by atoms with Gasteiger partial charge in [0.05, 0.1) is 14.2 Å². The Morgan fingerprint density at radius 3 is 2.00 bits per heavy atom. The number of hydrogen-bond acceptors (Lipinski definition) is 4. The van der Waals surface area contributed by atoms with Gasteiger partial charge in [0.15, 0.2) is 0 Å². The first-order chi connectivity index (χ1) is 7.10. The summed E-state index contributed by atoms with van der Waals surface area (Å²) in [7, 11) is 2.55.